The Morgan fingerprint density at radius 2 is 1.80 bits per heavy atom. The molecule has 1 aliphatic rings. The molecule has 0 aliphatic carbocycles. The van der Waals surface area contributed by atoms with E-state index in [1.54, 1.807) is 0 Å². The fourth-order valence-corrected chi connectivity index (χ4v) is 2.38. The van der Waals surface area contributed by atoms with Gasteiger partial charge in [0.05, 0.1) is 0 Å². The summed E-state index contributed by atoms with van der Waals surface area (Å²) in [7, 11) is 0. The van der Waals surface area contributed by atoms with Crippen molar-refractivity contribution in [1.29, 1.82) is 0 Å². The van der Waals surface area contributed by atoms with Crippen LogP contribution in [0.2, 0.25) is 0 Å². The monoisotopic (exact) mass is 269 g/mol. The molecule has 0 spiro atoms. The molecule has 1 N–H and O–H groups in total. The van der Waals surface area contributed by atoms with Crippen LogP contribution in [0.5, 0.6) is 11.5 Å². The van der Waals surface area contributed by atoms with E-state index >= 15 is 0 Å². The van der Waals surface area contributed by atoms with Gasteiger partial charge < -0.3 is 14.8 Å². The van der Waals surface area contributed by atoms with E-state index in [1.165, 1.54) is 11.1 Å². The molecule has 0 bridgehead atoms. The van der Waals surface area contributed by atoms with Crippen molar-refractivity contribution in [1.82, 2.24) is 5.32 Å². The molecule has 3 nitrogen and oxygen atoms in total. The highest BCUT2D eigenvalue weighted by Gasteiger charge is 2.14. The Morgan fingerprint density at radius 1 is 1.00 bits per heavy atom. The summed E-state index contributed by atoms with van der Waals surface area (Å²) in [5.74, 6) is 1.71. The second-order valence-corrected chi connectivity index (χ2v) is 5.16. The van der Waals surface area contributed by atoms with Gasteiger partial charge in [0.1, 0.15) is 0 Å². The molecular formula is C17H19NO2. The minimum atomic E-state index is 0.334. The van der Waals surface area contributed by atoms with Gasteiger partial charge in [-0.2, -0.15) is 0 Å². The van der Waals surface area contributed by atoms with Crippen LogP contribution in [0.25, 0.3) is 0 Å². The third-order valence-corrected chi connectivity index (χ3v) is 3.48. The summed E-state index contributed by atoms with van der Waals surface area (Å²) in [6.45, 7) is 3.43. The fourth-order valence-electron chi connectivity index (χ4n) is 2.38. The van der Waals surface area contributed by atoms with Gasteiger partial charge in [-0.05, 0) is 36.6 Å². The Bertz CT molecular complexity index is 568. The molecule has 0 unspecified atom stereocenters. The Balaban J connectivity index is 1.55. The smallest absolute Gasteiger partial charge is 0.231 e. The molecule has 20 heavy (non-hydrogen) atoms. The van der Waals surface area contributed by atoms with Crippen molar-refractivity contribution < 1.29 is 9.47 Å². The lowest BCUT2D eigenvalue weighted by Gasteiger charge is -2.14. The van der Waals surface area contributed by atoms with Crippen LogP contribution in [-0.2, 0) is 13.0 Å². The topological polar surface area (TPSA) is 30.5 Å². The van der Waals surface area contributed by atoms with Crippen molar-refractivity contribution >= 4 is 0 Å². The van der Waals surface area contributed by atoms with Crippen LogP contribution >= 0.6 is 0 Å². The lowest BCUT2D eigenvalue weighted by atomic mass is 10.1. The van der Waals surface area contributed by atoms with Crippen molar-refractivity contribution in [2.75, 3.05) is 6.79 Å². The van der Waals surface area contributed by atoms with Crippen molar-refractivity contribution in [3.63, 3.8) is 0 Å². The maximum Gasteiger partial charge on any atom is 0.231 e. The standard InChI is InChI=1S/C17H19NO2/c1-13(18-11-14-5-3-2-4-6-14)9-15-7-8-16-17(10-15)20-12-19-16/h2-8,10,13,18H,9,11-12H2,1H3/t13-/m1/s1. The number of benzene rings is 2. The first-order chi connectivity index (χ1) is 9.81. The molecule has 0 saturated carbocycles. The predicted molar refractivity (Wildman–Crippen MR) is 79.0 cm³/mol. The van der Waals surface area contributed by atoms with Gasteiger partial charge in [-0.25, -0.2) is 0 Å². The van der Waals surface area contributed by atoms with E-state index in [0.717, 1.165) is 24.5 Å². The summed E-state index contributed by atoms with van der Waals surface area (Å²) < 4.78 is 10.7. The third kappa shape index (κ3) is 3.11. The predicted octanol–water partition coefficient (Wildman–Crippen LogP) is 3.14. The molecule has 2 aromatic rings. The fraction of sp³-hybridized carbons (Fsp3) is 0.294. The first-order valence-corrected chi connectivity index (χ1v) is 6.97. The molecule has 0 saturated heterocycles. The zero-order valence-electron chi connectivity index (χ0n) is 11.6. The van der Waals surface area contributed by atoms with Crippen LogP contribution in [0, 0.1) is 0 Å². The number of ether oxygens (including phenoxy) is 2. The molecule has 0 fully saturated rings. The number of hydrogen-bond acceptors (Lipinski definition) is 3. The molecule has 1 atom stereocenters. The Hall–Kier alpha value is -2.00. The number of rotatable bonds is 5. The number of nitrogens with one attached hydrogen (secondary N) is 1. The van der Waals surface area contributed by atoms with E-state index in [9.17, 15) is 0 Å². The Labute approximate surface area is 119 Å². The zero-order valence-corrected chi connectivity index (χ0v) is 11.6. The second-order valence-electron chi connectivity index (χ2n) is 5.16. The normalized spacial score (nSPS) is 14.2. The van der Waals surface area contributed by atoms with Crippen LogP contribution in [0.4, 0.5) is 0 Å². The van der Waals surface area contributed by atoms with Gasteiger partial charge in [-0.15, -0.1) is 0 Å². The van der Waals surface area contributed by atoms with E-state index in [2.05, 4.69) is 48.6 Å². The van der Waals surface area contributed by atoms with E-state index in [0.29, 0.717) is 12.8 Å². The summed E-state index contributed by atoms with van der Waals surface area (Å²) in [6.07, 6.45) is 0.976. The van der Waals surface area contributed by atoms with Crippen molar-refractivity contribution in [3.05, 3.63) is 59.7 Å². The van der Waals surface area contributed by atoms with Crippen LogP contribution in [0.1, 0.15) is 18.1 Å². The summed E-state index contributed by atoms with van der Waals surface area (Å²) >= 11 is 0. The first kappa shape index (κ1) is 13.0. The van der Waals surface area contributed by atoms with Gasteiger partial charge in [0, 0.05) is 12.6 Å². The molecule has 2 aromatic carbocycles. The quantitative estimate of drug-likeness (QED) is 0.904. The van der Waals surface area contributed by atoms with E-state index in [4.69, 9.17) is 9.47 Å². The molecule has 0 amide bonds. The van der Waals surface area contributed by atoms with Crippen LogP contribution in [-0.4, -0.2) is 12.8 Å². The van der Waals surface area contributed by atoms with Crippen molar-refractivity contribution in [2.24, 2.45) is 0 Å². The van der Waals surface area contributed by atoms with Crippen LogP contribution in [0.3, 0.4) is 0 Å². The summed E-state index contributed by atoms with van der Waals surface area (Å²) in [5, 5.41) is 3.54. The highest BCUT2D eigenvalue weighted by Crippen LogP contribution is 2.32. The third-order valence-electron chi connectivity index (χ3n) is 3.48. The zero-order chi connectivity index (χ0) is 13.8. The van der Waals surface area contributed by atoms with Gasteiger partial charge in [0.25, 0.3) is 0 Å². The van der Waals surface area contributed by atoms with Gasteiger partial charge in [0.15, 0.2) is 11.5 Å². The van der Waals surface area contributed by atoms with E-state index < -0.39 is 0 Å². The van der Waals surface area contributed by atoms with Crippen LogP contribution < -0.4 is 14.8 Å². The lowest BCUT2D eigenvalue weighted by Crippen LogP contribution is -2.27. The van der Waals surface area contributed by atoms with E-state index in [-0.39, 0.29) is 0 Å². The summed E-state index contributed by atoms with van der Waals surface area (Å²) in [4.78, 5) is 0. The van der Waals surface area contributed by atoms with Gasteiger partial charge in [-0.3, -0.25) is 0 Å². The molecule has 0 aromatic heterocycles. The number of hydrogen-bond donors (Lipinski definition) is 1. The first-order valence-electron chi connectivity index (χ1n) is 6.97. The molecular weight excluding hydrogens is 250 g/mol. The molecule has 0 radical (unpaired) electrons. The van der Waals surface area contributed by atoms with E-state index in [1.807, 2.05) is 12.1 Å². The highest BCUT2D eigenvalue weighted by atomic mass is 16.7. The molecule has 1 aliphatic heterocycles. The maximum atomic E-state index is 5.41. The molecule has 1 heterocycles. The SMILES string of the molecule is C[C@H](Cc1ccc2c(c1)OCO2)NCc1ccccc1. The minimum absolute atomic E-state index is 0.334. The van der Waals surface area contributed by atoms with Crippen molar-refractivity contribution in [2.45, 2.75) is 25.9 Å². The van der Waals surface area contributed by atoms with Gasteiger partial charge >= 0.3 is 0 Å². The summed E-state index contributed by atoms with van der Waals surface area (Å²) in [6, 6.07) is 17.0. The minimum Gasteiger partial charge on any atom is -0.454 e. The molecule has 3 rings (SSSR count). The van der Waals surface area contributed by atoms with Crippen molar-refractivity contribution in [3.8, 4) is 11.5 Å². The Kier molecular flexibility index (Phi) is 3.88. The van der Waals surface area contributed by atoms with Gasteiger partial charge in [-0.1, -0.05) is 36.4 Å². The number of fused-ring (bicyclic) bond motifs is 1. The Morgan fingerprint density at radius 3 is 2.65 bits per heavy atom. The molecule has 104 valence electrons. The van der Waals surface area contributed by atoms with Gasteiger partial charge in [0.2, 0.25) is 6.79 Å². The maximum absolute atomic E-state index is 5.41. The summed E-state index contributed by atoms with van der Waals surface area (Å²) in [5.41, 5.74) is 2.58. The second kappa shape index (κ2) is 5.97. The average Bonchev–Trinajstić information content (AvgIpc) is 2.94. The van der Waals surface area contributed by atoms with Crippen LogP contribution in [0.15, 0.2) is 48.5 Å². The average molecular weight is 269 g/mol. The largest absolute Gasteiger partial charge is 0.454 e. The highest BCUT2D eigenvalue weighted by molar-refractivity contribution is 5.44. The molecule has 3 heteroatoms. The lowest BCUT2D eigenvalue weighted by molar-refractivity contribution is 0.174.